The number of hydrogen-bond donors (Lipinski definition) is 1. The first-order valence-electron chi connectivity index (χ1n) is 4.13. The number of hydrogen-bond acceptors (Lipinski definition) is 6. The number of phenolic OH excluding ortho intramolecular Hbond substituents is 1. The van der Waals surface area contributed by atoms with Gasteiger partial charge in [0, 0.05) is 17.7 Å². The van der Waals surface area contributed by atoms with E-state index in [2.05, 4.69) is 0 Å². The lowest BCUT2D eigenvalue weighted by Gasteiger charge is -2.01. The molecule has 1 N–H and O–H groups in total. The molecule has 0 saturated heterocycles. The number of nitro groups is 2. The minimum Gasteiger partial charge on any atom is -0.497 e. The zero-order chi connectivity index (χ0) is 13.2. The van der Waals surface area contributed by atoms with Gasteiger partial charge in [0.1, 0.15) is 0 Å². The first kappa shape index (κ1) is 12.5. The summed E-state index contributed by atoms with van der Waals surface area (Å²) in [5.74, 6) is -2.31. The van der Waals surface area contributed by atoms with Gasteiger partial charge in [-0.1, -0.05) is 0 Å². The summed E-state index contributed by atoms with van der Waals surface area (Å²) in [7, 11) is 0. The van der Waals surface area contributed by atoms with E-state index in [0.29, 0.717) is 12.1 Å². The molecule has 0 saturated carbocycles. The van der Waals surface area contributed by atoms with Crippen molar-refractivity contribution < 1.29 is 24.1 Å². The van der Waals surface area contributed by atoms with E-state index in [9.17, 15) is 34.5 Å². The van der Waals surface area contributed by atoms with E-state index >= 15 is 0 Å². The number of halogens is 1. The van der Waals surface area contributed by atoms with Gasteiger partial charge >= 0.3 is 11.4 Å². The number of carbonyl (C=O) groups excluding carboxylic acids is 1. The molecule has 0 fully saturated rings. The highest BCUT2D eigenvalue weighted by atomic mass is 19.1. The predicted octanol–water partition coefficient (Wildman–Crippen LogP) is 1.36. The van der Waals surface area contributed by atoms with Crippen molar-refractivity contribution in [3.05, 3.63) is 37.9 Å². The second-order valence-corrected chi connectivity index (χ2v) is 2.93. The molecule has 0 bridgehead atoms. The Morgan fingerprint density at radius 3 is 1.94 bits per heavy atom. The summed E-state index contributed by atoms with van der Waals surface area (Å²) in [6.07, 6.45) is 0. The quantitative estimate of drug-likeness (QED) is 0.484. The van der Waals surface area contributed by atoms with Gasteiger partial charge in [-0.15, -0.1) is 0 Å². The zero-order valence-corrected chi connectivity index (χ0v) is 8.12. The Morgan fingerprint density at radius 2 is 1.65 bits per heavy atom. The molecule has 0 aliphatic rings. The Balaban J connectivity index is 3.52. The number of aromatic hydroxyl groups is 1. The molecule has 0 spiro atoms. The van der Waals surface area contributed by atoms with Gasteiger partial charge < -0.3 is 5.11 Å². The van der Waals surface area contributed by atoms with E-state index in [0.717, 1.165) is 0 Å². The molecule has 1 aromatic carbocycles. The van der Waals surface area contributed by atoms with Gasteiger partial charge in [-0.2, -0.15) is 0 Å². The first-order chi connectivity index (χ1) is 7.88. The summed E-state index contributed by atoms with van der Waals surface area (Å²) in [5, 5.41) is 30.2. The van der Waals surface area contributed by atoms with Gasteiger partial charge in [-0.3, -0.25) is 25.0 Å². The topological polar surface area (TPSA) is 124 Å². The molecular weight excluding hydrogens is 239 g/mol. The van der Waals surface area contributed by atoms with E-state index in [-0.39, 0.29) is 0 Å². The molecule has 1 rings (SSSR count). The fourth-order valence-electron chi connectivity index (χ4n) is 1.12. The number of Topliss-reactive ketones (excluding diaryl/α,β-unsaturated/α-hetero) is 1. The highest BCUT2D eigenvalue weighted by Crippen LogP contribution is 2.36. The van der Waals surface area contributed by atoms with Gasteiger partial charge in [0.15, 0.2) is 12.5 Å². The van der Waals surface area contributed by atoms with Crippen LogP contribution in [0.4, 0.5) is 15.8 Å². The molecule has 1 aromatic rings. The number of benzene rings is 1. The fourth-order valence-corrected chi connectivity index (χ4v) is 1.12. The van der Waals surface area contributed by atoms with Gasteiger partial charge in [0.2, 0.25) is 0 Å². The standard InChI is InChI=1S/C8H5FN2O6/c9-3-7(12)4-1-5(10(14)15)8(13)6(2-4)11(16)17/h1-2,13H,3H2. The third-order valence-electron chi connectivity index (χ3n) is 1.91. The summed E-state index contributed by atoms with van der Waals surface area (Å²) in [6, 6.07) is 1.18. The highest BCUT2D eigenvalue weighted by molar-refractivity contribution is 5.98. The Bertz CT molecular complexity index is 480. The molecule has 17 heavy (non-hydrogen) atoms. The molecule has 0 heterocycles. The van der Waals surface area contributed by atoms with Crippen molar-refractivity contribution in [3.8, 4) is 5.75 Å². The lowest BCUT2D eigenvalue weighted by atomic mass is 10.1. The number of nitro benzene ring substituents is 2. The fraction of sp³-hybridized carbons (Fsp3) is 0.125. The Morgan fingerprint density at radius 1 is 1.24 bits per heavy atom. The van der Waals surface area contributed by atoms with Crippen LogP contribution in [-0.2, 0) is 0 Å². The summed E-state index contributed by atoms with van der Waals surface area (Å²) in [4.78, 5) is 29.7. The third kappa shape index (κ3) is 2.33. The number of alkyl halides is 1. The van der Waals surface area contributed by atoms with Crippen molar-refractivity contribution >= 4 is 17.2 Å². The predicted molar refractivity (Wildman–Crippen MR) is 51.7 cm³/mol. The zero-order valence-electron chi connectivity index (χ0n) is 8.12. The highest BCUT2D eigenvalue weighted by Gasteiger charge is 2.27. The Kier molecular flexibility index (Phi) is 3.31. The monoisotopic (exact) mass is 244 g/mol. The van der Waals surface area contributed by atoms with Crippen LogP contribution in [-0.4, -0.2) is 27.4 Å². The van der Waals surface area contributed by atoms with Crippen molar-refractivity contribution in [3.63, 3.8) is 0 Å². The molecular formula is C8H5FN2O6. The summed E-state index contributed by atoms with van der Waals surface area (Å²) in [6.45, 7) is -1.45. The van der Waals surface area contributed by atoms with E-state index in [4.69, 9.17) is 0 Å². The van der Waals surface area contributed by atoms with Gasteiger partial charge in [0.25, 0.3) is 5.75 Å². The average Bonchev–Trinajstić information content (AvgIpc) is 2.27. The number of nitrogens with zero attached hydrogens (tertiary/aromatic N) is 2. The van der Waals surface area contributed by atoms with E-state index in [1.165, 1.54) is 0 Å². The minimum atomic E-state index is -1.45. The number of ketones is 1. The Hall–Kier alpha value is -2.58. The molecule has 0 aliphatic carbocycles. The molecule has 0 aromatic heterocycles. The normalized spacial score (nSPS) is 9.94. The van der Waals surface area contributed by atoms with Crippen LogP contribution in [0.2, 0.25) is 0 Å². The van der Waals surface area contributed by atoms with E-state index in [1.54, 1.807) is 0 Å². The first-order valence-corrected chi connectivity index (χ1v) is 4.13. The third-order valence-corrected chi connectivity index (χ3v) is 1.91. The van der Waals surface area contributed by atoms with E-state index < -0.39 is 45.0 Å². The molecule has 0 amide bonds. The van der Waals surface area contributed by atoms with Gasteiger partial charge in [-0.05, 0) is 0 Å². The van der Waals surface area contributed by atoms with Gasteiger partial charge in [-0.25, -0.2) is 4.39 Å². The van der Waals surface area contributed by atoms with Crippen LogP contribution >= 0.6 is 0 Å². The summed E-state index contributed by atoms with van der Waals surface area (Å²) in [5.41, 5.74) is -2.57. The van der Waals surface area contributed by atoms with Crippen LogP contribution in [0.3, 0.4) is 0 Å². The molecule has 0 radical (unpaired) electrons. The van der Waals surface area contributed by atoms with Crippen molar-refractivity contribution in [2.45, 2.75) is 0 Å². The SMILES string of the molecule is O=C(CF)c1cc([N+](=O)[O-])c(O)c([N+](=O)[O-])c1. The largest absolute Gasteiger partial charge is 0.497 e. The molecule has 9 heteroatoms. The average molecular weight is 244 g/mol. The van der Waals surface area contributed by atoms with Crippen LogP contribution in [0.25, 0.3) is 0 Å². The van der Waals surface area contributed by atoms with Gasteiger partial charge in [0.05, 0.1) is 9.85 Å². The minimum absolute atomic E-state index is 0.538. The maximum atomic E-state index is 12.1. The van der Waals surface area contributed by atoms with Crippen LogP contribution in [0.1, 0.15) is 10.4 Å². The van der Waals surface area contributed by atoms with Crippen molar-refractivity contribution in [1.29, 1.82) is 0 Å². The lowest BCUT2D eigenvalue weighted by Crippen LogP contribution is -2.04. The van der Waals surface area contributed by atoms with Crippen molar-refractivity contribution in [2.24, 2.45) is 0 Å². The van der Waals surface area contributed by atoms with Crippen LogP contribution in [0.15, 0.2) is 12.1 Å². The molecule has 0 aliphatic heterocycles. The lowest BCUT2D eigenvalue weighted by molar-refractivity contribution is -0.396. The number of phenols is 1. The summed E-state index contributed by atoms with van der Waals surface area (Å²) >= 11 is 0. The summed E-state index contributed by atoms with van der Waals surface area (Å²) < 4.78 is 12.1. The molecule has 0 atom stereocenters. The van der Waals surface area contributed by atoms with E-state index in [1.807, 2.05) is 0 Å². The molecule has 8 nitrogen and oxygen atoms in total. The number of rotatable bonds is 4. The maximum absolute atomic E-state index is 12.1. The van der Waals surface area contributed by atoms with Crippen LogP contribution < -0.4 is 0 Å². The smallest absolute Gasteiger partial charge is 0.318 e. The second-order valence-electron chi connectivity index (χ2n) is 2.93. The van der Waals surface area contributed by atoms with Crippen LogP contribution in [0, 0.1) is 20.2 Å². The van der Waals surface area contributed by atoms with Crippen molar-refractivity contribution in [1.82, 2.24) is 0 Å². The Labute approximate surface area is 92.6 Å². The second kappa shape index (κ2) is 4.51. The van der Waals surface area contributed by atoms with Crippen molar-refractivity contribution in [2.75, 3.05) is 6.67 Å². The number of carbonyl (C=O) groups is 1. The maximum Gasteiger partial charge on any atom is 0.318 e. The molecule has 0 unspecified atom stereocenters. The molecule has 90 valence electrons. The van der Waals surface area contributed by atoms with Crippen LogP contribution in [0.5, 0.6) is 5.75 Å².